The summed E-state index contributed by atoms with van der Waals surface area (Å²) in [6.45, 7) is 5.26. The van der Waals surface area contributed by atoms with Crippen LogP contribution in [0.3, 0.4) is 0 Å². The average molecular weight is 447 g/mol. The number of rotatable bonds is 9. The number of hydrogen-bond acceptors (Lipinski definition) is 5. The molecule has 0 radical (unpaired) electrons. The van der Waals surface area contributed by atoms with Gasteiger partial charge in [-0.05, 0) is 30.2 Å². The average Bonchev–Trinajstić information content (AvgIpc) is 3.29. The van der Waals surface area contributed by atoms with Crippen molar-refractivity contribution in [1.29, 1.82) is 0 Å². The molecule has 1 N–H and O–H groups in total. The van der Waals surface area contributed by atoms with Crippen LogP contribution < -0.4 is 5.32 Å². The molecule has 1 aromatic heterocycles. The number of aryl methyl sites for hydroxylation is 1. The van der Waals surface area contributed by atoms with E-state index in [0.29, 0.717) is 25.3 Å². The van der Waals surface area contributed by atoms with E-state index in [1.807, 2.05) is 73.7 Å². The molecule has 0 saturated carbocycles. The number of carbonyl (C=O) groups is 2. The van der Waals surface area contributed by atoms with Gasteiger partial charge in [0.25, 0.3) is 0 Å². The molecule has 0 bridgehead atoms. The maximum atomic E-state index is 12.6. The molecule has 1 aliphatic rings. The Hall–Kier alpha value is -3.22. The highest BCUT2D eigenvalue weighted by atomic mass is 16.5. The summed E-state index contributed by atoms with van der Waals surface area (Å²) in [5.74, 6) is 1.52. The van der Waals surface area contributed by atoms with E-state index in [1.165, 1.54) is 0 Å². The number of carbonyl (C=O) groups excluding carboxylic acids is 2. The molecule has 6 heteroatoms. The van der Waals surface area contributed by atoms with Gasteiger partial charge in [-0.2, -0.15) is 0 Å². The number of benzene rings is 2. The number of furan rings is 1. The van der Waals surface area contributed by atoms with E-state index >= 15 is 0 Å². The van der Waals surface area contributed by atoms with Gasteiger partial charge < -0.3 is 14.5 Å². The fourth-order valence-corrected chi connectivity index (χ4v) is 4.08. The Morgan fingerprint density at radius 2 is 1.61 bits per heavy atom. The maximum Gasteiger partial charge on any atom is 0.220 e. The number of amides is 1. The number of nitrogens with one attached hydrogen (secondary N) is 1. The van der Waals surface area contributed by atoms with Crippen LogP contribution in [0.15, 0.2) is 71.1 Å². The Labute approximate surface area is 194 Å². The van der Waals surface area contributed by atoms with Crippen molar-refractivity contribution in [2.45, 2.75) is 25.8 Å². The summed E-state index contributed by atoms with van der Waals surface area (Å²) in [6, 6.07) is 21.4. The zero-order chi connectivity index (χ0) is 23.0. The standard InChI is InChI=1S/C27H30N2O4/c1-20-7-13-26(33-20)24(29-15-17-32-18-16-29)19-28-27(31)14-12-25(30)23-10-8-22(9-11-23)21-5-3-2-4-6-21/h2-11,13,24H,12,14-19H2,1H3,(H,28,31)/t24-/m1/s1. The molecule has 1 amide bonds. The van der Waals surface area contributed by atoms with Crippen molar-refractivity contribution in [3.63, 3.8) is 0 Å². The minimum Gasteiger partial charge on any atom is -0.465 e. The molecule has 6 nitrogen and oxygen atoms in total. The fraction of sp³-hybridized carbons (Fsp3) is 0.333. The molecule has 1 fully saturated rings. The Balaban J connectivity index is 1.29. The molecule has 2 heterocycles. The molecular weight excluding hydrogens is 416 g/mol. The molecule has 3 aromatic rings. The Morgan fingerprint density at radius 1 is 0.909 bits per heavy atom. The second kappa shape index (κ2) is 11.1. The third-order valence-electron chi connectivity index (χ3n) is 5.96. The second-order valence-corrected chi connectivity index (χ2v) is 8.28. The lowest BCUT2D eigenvalue weighted by molar-refractivity contribution is -0.121. The number of Topliss-reactive ketones (excluding diaryl/α,β-unsaturated/α-hetero) is 1. The van der Waals surface area contributed by atoms with Crippen LogP contribution in [0.25, 0.3) is 11.1 Å². The Bertz CT molecular complexity index is 1050. The van der Waals surface area contributed by atoms with Crippen LogP contribution in [0, 0.1) is 6.92 Å². The van der Waals surface area contributed by atoms with Crippen LogP contribution in [0.2, 0.25) is 0 Å². The van der Waals surface area contributed by atoms with E-state index in [0.717, 1.165) is 35.7 Å². The van der Waals surface area contributed by atoms with Gasteiger partial charge in [-0.3, -0.25) is 14.5 Å². The number of ether oxygens (including phenoxy) is 1. The third-order valence-corrected chi connectivity index (χ3v) is 5.96. The van der Waals surface area contributed by atoms with Crippen LogP contribution in [0.1, 0.15) is 40.8 Å². The third kappa shape index (κ3) is 6.18. The summed E-state index contributed by atoms with van der Waals surface area (Å²) < 4.78 is 11.3. The van der Waals surface area contributed by atoms with Crippen LogP contribution in [0.4, 0.5) is 0 Å². The number of ketones is 1. The molecule has 172 valence electrons. The molecule has 4 rings (SSSR count). The zero-order valence-corrected chi connectivity index (χ0v) is 19.0. The van der Waals surface area contributed by atoms with Crippen molar-refractivity contribution in [3.8, 4) is 11.1 Å². The van der Waals surface area contributed by atoms with Crippen molar-refractivity contribution in [1.82, 2.24) is 10.2 Å². The summed E-state index contributed by atoms with van der Waals surface area (Å²) >= 11 is 0. The van der Waals surface area contributed by atoms with Crippen molar-refractivity contribution in [2.75, 3.05) is 32.8 Å². The maximum absolute atomic E-state index is 12.6. The minimum absolute atomic E-state index is 0.0313. The molecule has 2 aromatic carbocycles. The van der Waals surface area contributed by atoms with E-state index in [4.69, 9.17) is 9.15 Å². The molecule has 33 heavy (non-hydrogen) atoms. The van der Waals surface area contributed by atoms with Crippen molar-refractivity contribution in [2.24, 2.45) is 0 Å². The predicted octanol–water partition coefficient (Wildman–Crippen LogP) is 4.41. The van der Waals surface area contributed by atoms with Gasteiger partial charge in [0.05, 0.1) is 19.3 Å². The van der Waals surface area contributed by atoms with Gasteiger partial charge in [0, 0.05) is 38.0 Å². The van der Waals surface area contributed by atoms with Gasteiger partial charge in [-0.15, -0.1) is 0 Å². The quantitative estimate of drug-likeness (QED) is 0.493. The molecule has 0 aliphatic carbocycles. The van der Waals surface area contributed by atoms with E-state index in [-0.39, 0.29) is 30.6 Å². The lowest BCUT2D eigenvalue weighted by Gasteiger charge is -2.33. The van der Waals surface area contributed by atoms with Crippen molar-refractivity contribution in [3.05, 3.63) is 83.8 Å². The highest BCUT2D eigenvalue weighted by Gasteiger charge is 2.25. The van der Waals surface area contributed by atoms with Crippen molar-refractivity contribution < 1.29 is 18.7 Å². The first-order chi connectivity index (χ1) is 16.1. The normalized spacial score (nSPS) is 15.2. The van der Waals surface area contributed by atoms with E-state index in [1.54, 1.807) is 0 Å². The first kappa shape index (κ1) is 23.0. The summed E-state index contributed by atoms with van der Waals surface area (Å²) in [5.41, 5.74) is 2.80. The topological polar surface area (TPSA) is 71.8 Å². The van der Waals surface area contributed by atoms with E-state index in [2.05, 4.69) is 10.2 Å². The molecule has 1 atom stereocenters. The Morgan fingerprint density at radius 3 is 2.27 bits per heavy atom. The molecule has 1 aliphatic heterocycles. The summed E-state index contributed by atoms with van der Waals surface area (Å²) in [7, 11) is 0. The van der Waals surface area contributed by atoms with Crippen LogP contribution in [0.5, 0.6) is 0 Å². The van der Waals surface area contributed by atoms with Crippen LogP contribution in [-0.4, -0.2) is 49.4 Å². The lowest BCUT2D eigenvalue weighted by Crippen LogP contribution is -2.43. The smallest absolute Gasteiger partial charge is 0.220 e. The summed E-state index contributed by atoms with van der Waals surface area (Å²) in [5, 5.41) is 2.99. The number of morpholine rings is 1. The summed E-state index contributed by atoms with van der Waals surface area (Å²) in [4.78, 5) is 27.4. The van der Waals surface area contributed by atoms with Gasteiger partial charge in [-0.25, -0.2) is 0 Å². The van der Waals surface area contributed by atoms with E-state index < -0.39 is 0 Å². The minimum atomic E-state index is -0.134. The van der Waals surface area contributed by atoms with Gasteiger partial charge >= 0.3 is 0 Å². The fourth-order valence-electron chi connectivity index (χ4n) is 4.08. The van der Waals surface area contributed by atoms with Crippen LogP contribution >= 0.6 is 0 Å². The molecular formula is C27H30N2O4. The molecule has 0 unspecified atom stereocenters. The predicted molar refractivity (Wildman–Crippen MR) is 127 cm³/mol. The van der Waals surface area contributed by atoms with Gasteiger partial charge in [0.1, 0.15) is 11.5 Å². The highest BCUT2D eigenvalue weighted by molar-refractivity contribution is 5.98. The molecule has 1 saturated heterocycles. The number of hydrogen-bond donors (Lipinski definition) is 1. The zero-order valence-electron chi connectivity index (χ0n) is 19.0. The van der Waals surface area contributed by atoms with Crippen molar-refractivity contribution >= 4 is 11.7 Å². The number of nitrogens with zero attached hydrogens (tertiary/aromatic N) is 1. The largest absolute Gasteiger partial charge is 0.465 e. The first-order valence-electron chi connectivity index (χ1n) is 11.4. The Kier molecular flexibility index (Phi) is 7.70. The van der Waals surface area contributed by atoms with E-state index in [9.17, 15) is 9.59 Å². The SMILES string of the molecule is Cc1ccc([C@@H](CNC(=O)CCC(=O)c2ccc(-c3ccccc3)cc2)N2CCOCC2)o1. The molecule has 0 spiro atoms. The van der Waals surface area contributed by atoms with Gasteiger partial charge in [0.15, 0.2) is 5.78 Å². The lowest BCUT2D eigenvalue weighted by atomic mass is 10.0. The van der Waals surface area contributed by atoms with Gasteiger partial charge in [0.2, 0.25) is 5.91 Å². The van der Waals surface area contributed by atoms with Gasteiger partial charge in [-0.1, -0.05) is 54.6 Å². The first-order valence-corrected chi connectivity index (χ1v) is 11.4. The summed E-state index contributed by atoms with van der Waals surface area (Å²) in [6.07, 6.45) is 0.338. The van der Waals surface area contributed by atoms with Crippen LogP contribution in [-0.2, 0) is 9.53 Å². The highest BCUT2D eigenvalue weighted by Crippen LogP contribution is 2.24. The monoisotopic (exact) mass is 446 g/mol. The second-order valence-electron chi connectivity index (χ2n) is 8.28.